The smallest absolute Gasteiger partial charge is 0.387 e. The van der Waals surface area contributed by atoms with E-state index in [9.17, 15) is 18.0 Å². The van der Waals surface area contributed by atoms with Gasteiger partial charge in [-0.3, -0.25) is 4.79 Å². The summed E-state index contributed by atoms with van der Waals surface area (Å²) in [5.74, 6) is -0.510. The number of nitrogens with one attached hydrogen (secondary N) is 2. The number of carbonyl (C=O) groups excluding carboxylic acids is 1. The summed E-state index contributed by atoms with van der Waals surface area (Å²) in [5, 5.41) is 5.53. The zero-order valence-electron chi connectivity index (χ0n) is 12.7. The second-order valence-electron chi connectivity index (χ2n) is 5.60. The van der Waals surface area contributed by atoms with Gasteiger partial charge >= 0.3 is 6.18 Å². The molecule has 0 aromatic heterocycles. The number of hydrogen-bond acceptors (Lipinski definition) is 2. The average Bonchev–Trinajstić information content (AvgIpc) is 2.36. The van der Waals surface area contributed by atoms with Crippen LogP contribution in [0.4, 0.5) is 18.9 Å². The number of rotatable bonds is 5. The average molecular weight is 302 g/mol. The van der Waals surface area contributed by atoms with Gasteiger partial charge in [0.05, 0.1) is 11.1 Å². The predicted octanol–water partition coefficient (Wildman–Crippen LogP) is 4.06. The largest absolute Gasteiger partial charge is 0.416 e. The number of amides is 1. The van der Waals surface area contributed by atoms with E-state index in [-0.39, 0.29) is 5.56 Å². The molecule has 0 aliphatic rings. The lowest BCUT2D eigenvalue weighted by Crippen LogP contribution is -2.43. The van der Waals surface area contributed by atoms with Crippen molar-refractivity contribution in [3.05, 3.63) is 29.3 Å². The van der Waals surface area contributed by atoms with Crippen molar-refractivity contribution in [2.45, 2.75) is 45.3 Å². The molecule has 0 heterocycles. The zero-order chi connectivity index (χ0) is 16.3. The van der Waals surface area contributed by atoms with Crippen molar-refractivity contribution in [1.29, 1.82) is 0 Å². The molecule has 0 spiro atoms. The summed E-state index contributed by atoms with van der Waals surface area (Å²) in [5.41, 5.74) is -0.935. The number of anilines is 1. The van der Waals surface area contributed by atoms with Crippen molar-refractivity contribution in [3.8, 4) is 0 Å². The highest BCUT2D eigenvalue weighted by atomic mass is 19.4. The lowest BCUT2D eigenvalue weighted by Gasteiger charge is -2.26. The molecule has 1 aromatic carbocycles. The molecule has 0 saturated carbocycles. The second kappa shape index (κ2) is 6.37. The van der Waals surface area contributed by atoms with Crippen LogP contribution < -0.4 is 10.6 Å². The van der Waals surface area contributed by atoms with Crippen LogP contribution in [0.3, 0.4) is 0 Å². The number of carbonyl (C=O) groups is 1. The Labute approximate surface area is 122 Å². The monoisotopic (exact) mass is 302 g/mol. The van der Waals surface area contributed by atoms with Crippen molar-refractivity contribution in [3.63, 3.8) is 0 Å². The maximum absolute atomic E-state index is 12.8. The van der Waals surface area contributed by atoms with Crippen molar-refractivity contribution in [2.24, 2.45) is 0 Å². The molecule has 118 valence electrons. The third-order valence-electron chi connectivity index (χ3n) is 3.19. The van der Waals surface area contributed by atoms with E-state index in [4.69, 9.17) is 0 Å². The molecular formula is C15H21F3N2O. The fourth-order valence-electron chi connectivity index (χ4n) is 2.19. The molecule has 0 atom stereocenters. The standard InChI is InChI=1S/C15H21F3N2O/c1-5-8-14(2,3)20-13(21)11-9-10(15(16,17)18)6-7-12(11)19-4/h6-7,9,19H,5,8H2,1-4H3,(H,20,21). The third-order valence-corrected chi connectivity index (χ3v) is 3.19. The van der Waals surface area contributed by atoms with Crippen LogP contribution in [0.25, 0.3) is 0 Å². The van der Waals surface area contributed by atoms with E-state index in [0.717, 1.165) is 25.0 Å². The summed E-state index contributed by atoms with van der Waals surface area (Å²) in [6.45, 7) is 5.68. The maximum Gasteiger partial charge on any atom is 0.416 e. The summed E-state index contributed by atoms with van der Waals surface area (Å²) in [4.78, 5) is 12.3. The van der Waals surface area contributed by atoms with E-state index < -0.39 is 23.2 Å². The van der Waals surface area contributed by atoms with Gasteiger partial charge in [0.25, 0.3) is 5.91 Å². The lowest BCUT2D eigenvalue weighted by molar-refractivity contribution is -0.137. The van der Waals surface area contributed by atoms with Crippen molar-refractivity contribution in [2.75, 3.05) is 12.4 Å². The molecule has 1 rings (SSSR count). The highest BCUT2D eigenvalue weighted by Crippen LogP contribution is 2.32. The first-order chi connectivity index (χ1) is 9.60. The molecule has 3 nitrogen and oxygen atoms in total. The Hall–Kier alpha value is -1.72. The first-order valence-corrected chi connectivity index (χ1v) is 6.82. The van der Waals surface area contributed by atoms with Crippen molar-refractivity contribution >= 4 is 11.6 Å². The molecular weight excluding hydrogens is 281 g/mol. The minimum atomic E-state index is -4.47. The van der Waals surface area contributed by atoms with Gasteiger partial charge in [-0.15, -0.1) is 0 Å². The molecule has 6 heteroatoms. The molecule has 0 aliphatic heterocycles. The van der Waals surface area contributed by atoms with Crippen LogP contribution in [0.1, 0.15) is 49.5 Å². The Kier molecular flexibility index (Phi) is 5.25. The van der Waals surface area contributed by atoms with Gasteiger partial charge < -0.3 is 10.6 Å². The highest BCUT2D eigenvalue weighted by molar-refractivity contribution is 6.00. The molecule has 0 radical (unpaired) electrons. The van der Waals surface area contributed by atoms with E-state index in [0.29, 0.717) is 5.69 Å². The van der Waals surface area contributed by atoms with Crippen LogP contribution in [-0.4, -0.2) is 18.5 Å². The molecule has 1 amide bonds. The van der Waals surface area contributed by atoms with Gasteiger partial charge in [0, 0.05) is 18.3 Å². The molecule has 2 N–H and O–H groups in total. The third kappa shape index (κ3) is 4.65. The quantitative estimate of drug-likeness (QED) is 0.861. The summed E-state index contributed by atoms with van der Waals surface area (Å²) in [6, 6.07) is 3.10. The van der Waals surface area contributed by atoms with E-state index >= 15 is 0 Å². The van der Waals surface area contributed by atoms with E-state index in [1.54, 1.807) is 7.05 Å². The Balaban J connectivity index is 3.12. The Morgan fingerprint density at radius 1 is 1.24 bits per heavy atom. The van der Waals surface area contributed by atoms with Gasteiger partial charge in [-0.05, 0) is 38.5 Å². The predicted molar refractivity (Wildman–Crippen MR) is 77.4 cm³/mol. The molecule has 0 fully saturated rings. The van der Waals surface area contributed by atoms with Gasteiger partial charge in [0.2, 0.25) is 0 Å². The minimum Gasteiger partial charge on any atom is -0.387 e. The summed E-state index contributed by atoms with van der Waals surface area (Å²) in [6.07, 6.45) is -2.86. The fourth-order valence-corrected chi connectivity index (χ4v) is 2.19. The summed E-state index contributed by atoms with van der Waals surface area (Å²) in [7, 11) is 1.57. The van der Waals surface area contributed by atoms with Gasteiger partial charge in [0.1, 0.15) is 0 Å². The highest BCUT2D eigenvalue weighted by Gasteiger charge is 2.32. The second-order valence-corrected chi connectivity index (χ2v) is 5.60. The molecule has 0 aliphatic carbocycles. The van der Waals surface area contributed by atoms with Crippen LogP contribution in [0.15, 0.2) is 18.2 Å². The minimum absolute atomic E-state index is 0.00324. The van der Waals surface area contributed by atoms with E-state index in [2.05, 4.69) is 10.6 Å². The van der Waals surface area contributed by atoms with Crippen LogP contribution in [0.5, 0.6) is 0 Å². The number of benzene rings is 1. The van der Waals surface area contributed by atoms with Crippen LogP contribution in [0, 0.1) is 0 Å². The molecule has 21 heavy (non-hydrogen) atoms. The summed E-state index contributed by atoms with van der Waals surface area (Å²) < 4.78 is 38.3. The zero-order valence-corrected chi connectivity index (χ0v) is 12.7. The fraction of sp³-hybridized carbons (Fsp3) is 0.533. The summed E-state index contributed by atoms with van der Waals surface area (Å²) >= 11 is 0. The SMILES string of the molecule is CCCC(C)(C)NC(=O)c1cc(C(F)(F)F)ccc1NC. The maximum atomic E-state index is 12.8. The van der Waals surface area contributed by atoms with Gasteiger partial charge in [-0.2, -0.15) is 13.2 Å². The number of halogens is 3. The molecule has 0 saturated heterocycles. The Morgan fingerprint density at radius 2 is 1.86 bits per heavy atom. The first-order valence-electron chi connectivity index (χ1n) is 6.82. The van der Waals surface area contributed by atoms with Crippen LogP contribution in [0.2, 0.25) is 0 Å². The van der Waals surface area contributed by atoms with E-state index in [1.165, 1.54) is 6.07 Å². The van der Waals surface area contributed by atoms with Crippen molar-refractivity contribution in [1.82, 2.24) is 5.32 Å². The van der Waals surface area contributed by atoms with Gasteiger partial charge in [-0.25, -0.2) is 0 Å². The number of hydrogen-bond donors (Lipinski definition) is 2. The number of alkyl halides is 3. The molecule has 0 bridgehead atoms. The normalized spacial score (nSPS) is 12.1. The van der Waals surface area contributed by atoms with Crippen LogP contribution in [-0.2, 0) is 6.18 Å². The first kappa shape index (κ1) is 17.3. The van der Waals surface area contributed by atoms with Crippen LogP contribution >= 0.6 is 0 Å². The Morgan fingerprint density at radius 3 is 2.33 bits per heavy atom. The molecule has 1 aromatic rings. The van der Waals surface area contributed by atoms with E-state index in [1.807, 2.05) is 20.8 Å². The lowest BCUT2D eigenvalue weighted by atomic mass is 9.97. The Bertz CT molecular complexity index is 510. The topological polar surface area (TPSA) is 41.1 Å². The molecule has 0 unspecified atom stereocenters. The van der Waals surface area contributed by atoms with Gasteiger partial charge in [0.15, 0.2) is 0 Å². The van der Waals surface area contributed by atoms with Gasteiger partial charge in [-0.1, -0.05) is 13.3 Å². The van der Waals surface area contributed by atoms with Crippen molar-refractivity contribution < 1.29 is 18.0 Å².